The van der Waals surface area contributed by atoms with Gasteiger partial charge < -0.3 is 15.3 Å². The van der Waals surface area contributed by atoms with Crippen LogP contribution in [-0.4, -0.2) is 42.1 Å². The zero-order valence-electron chi connectivity index (χ0n) is 11.5. The summed E-state index contributed by atoms with van der Waals surface area (Å²) in [4.78, 5) is 13.6. The maximum Gasteiger partial charge on any atom is 0.223 e. The highest BCUT2D eigenvalue weighted by atomic mass is 19.1. The number of hydrogen-bond acceptors (Lipinski definition) is 3. The maximum absolute atomic E-state index is 13.4. The van der Waals surface area contributed by atoms with Crippen LogP contribution in [0.5, 0.6) is 0 Å². The fraction of sp³-hybridized carbons (Fsp3) is 0.533. The van der Waals surface area contributed by atoms with Crippen LogP contribution in [0.2, 0.25) is 0 Å². The summed E-state index contributed by atoms with van der Waals surface area (Å²) >= 11 is 0. The lowest BCUT2D eigenvalue weighted by molar-refractivity contribution is -0.130. The van der Waals surface area contributed by atoms with Gasteiger partial charge >= 0.3 is 0 Å². The molecule has 1 fully saturated rings. The summed E-state index contributed by atoms with van der Waals surface area (Å²) in [7, 11) is 0. The van der Waals surface area contributed by atoms with Crippen LogP contribution in [0, 0.1) is 5.82 Å². The number of aliphatic hydroxyl groups excluding tert-OH is 1. The Morgan fingerprint density at radius 2 is 2.05 bits per heavy atom. The normalized spacial score (nSPS) is 16.4. The molecule has 1 aliphatic rings. The van der Waals surface area contributed by atoms with Gasteiger partial charge in [0.15, 0.2) is 0 Å². The quantitative estimate of drug-likeness (QED) is 0.776. The minimum Gasteiger partial charge on any atom is -0.387 e. The molecular formula is C15H21FN2O2. The van der Waals surface area contributed by atoms with Crippen LogP contribution < -0.4 is 5.32 Å². The molecule has 5 heteroatoms. The summed E-state index contributed by atoms with van der Waals surface area (Å²) in [6.07, 6.45) is 1.71. The molecule has 0 aliphatic carbocycles. The van der Waals surface area contributed by atoms with Gasteiger partial charge in [-0.15, -0.1) is 0 Å². The molecule has 0 bridgehead atoms. The zero-order chi connectivity index (χ0) is 14.4. The van der Waals surface area contributed by atoms with Crippen LogP contribution >= 0.6 is 0 Å². The number of amides is 1. The van der Waals surface area contributed by atoms with E-state index in [2.05, 4.69) is 5.32 Å². The van der Waals surface area contributed by atoms with E-state index < -0.39 is 11.9 Å². The van der Waals surface area contributed by atoms with Gasteiger partial charge in [-0.3, -0.25) is 4.79 Å². The van der Waals surface area contributed by atoms with E-state index in [-0.39, 0.29) is 18.0 Å². The minimum absolute atomic E-state index is 0.149. The molecule has 0 aromatic heterocycles. The fourth-order valence-electron chi connectivity index (χ4n) is 2.41. The third-order valence-electron chi connectivity index (χ3n) is 3.58. The lowest BCUT2D eigenvalue weighted by Gasteiger charge is -2.16. The second-order valence-corrected chi connectivity index (χ2v) is 5.08. The zero-order valence-corrected chi connectivity index (χ0v) is 11.5. The topological polar surface area (TPSA) is 52.6 Å². The van der Waals surface area contributed by atoms with Crippen molar-refractivity contribution in [3.05, 3.63) is 35.6 Å². The molecule has 2 N–H and O–H groups in total. The van der Waals surface area contributed by atoms with E-state index in [9.17, 15) is 14.3 Å². The van der Waals surface area contributed by atoms with Gasteiger partial charge in [-0.05, 0) is 18.9 Å². The van der Waals surface area contributed by atoms with Crippen molar-refractivity contribution < 1.29 is 14.3 Å². The molecule has 1 saturated heterocycles. The van der Waals surface area contributed by atoms with Crippen LogP contribution in [-0.2, 0) is 4.79 Å². The second-order valence-electron chi connectivity index (χ2n) is 5.08. The Hall–Kier alpha value is -1.46. The first-order chi connectivity index (χ1) is 9.68. The van der Waals surface area contributed by atoms with Gasteiger partial charge in [0.2, 0.25) is 5.91 Å². The van der Waals surface area contributed by atoms with E-state index in [1.165, 1.54) is 6.07 Å². The summed E-state index contributed by atoms with van der Waals surface area (Å²) in [6.45, 7) is 2.46. The molecule has 1 unspecified atom stereocenters. The van der Waals surface area contributed by atoms with E-state index in [1.54, 1.807) is 18.2 Å². The number of nitrogens with zero attached hydrogens (tertiary/aromatic N) is 1. The molecule has 1 aromatic carbocycles. The molecular weight excluding hydrogens is 259 g/mol. The van der Waals surface area contributed by atoms with Gasteiger partial charge in [-0.2, -0.15) is 0 Å². The summed E-state index contributed by atoms with van der Waals surface area (Å²) in [6, 6.07) is 6.18. The number of benzene rings is 1. The molecule has 0 saturated carbocycles. The number of likely N-dealkylation sites (tertiary alicyclic amines) is 1. The number of carbonyl (C=O) groups is 1. The van der Waals surface area contributed by atoms with Crippen molar-refractivity contribution in [2.45, 2.75) is 25.4 Å². The van der Waals surface area contributed by atoms with Gasteiger partial charge in [-0.1, -0.05) is 18.2 Å². The summed E-state index contributed by atoms with van der Waals surface area (Å²) in [5.74, 6) is -0.259. The van der Waals surface area contributed by atoms with Crippen molar-refractivity contribution in [3.8, 4) is 0 Å². The Morgan fingerprint density at radius 3 is 2.75 bits per heavy atom. The van der Waals surface area contributed by atoms with E-state index in [4.69, 9.17) is 0 Å². The highest BCUT2D eigenvalue weighted by Gasteiger charge is 2.17. The molecule has 1 amide bonds. The molecule has 1 atom stereocenters. The van der Waals surface area contributed by atoms with Crippen LogP contribution in [0.4, 0.5) is 4.39 Å². The molecule has 0 spiro atoms. The highest BCUT2D eigenvalue weighted by Crippen LogP contribution is 2.15. The number of nitrogens with one attached hydrogen (secondary N) is 1. The largest absolute Gasteiger partial charge is 0.387 e. The summed E-state index contributed by atoms with van der Waals surface area (Å²) in [5, 5.41) is 12.9. The van der Waals surface area contributed by atoms with Crippen LogP contribution in [0.1, 0.15) is 30.9 Å². The first kappa shape index (κ1) is 14.9. The number of aliphatic hydroxyl groups is 1. The number of carbonyl (C=O) groups excluding carboxylic acids is 1. The lowest BCUT2D eigenvalue weighted by atomic mass is 10.1. The minimum atomic E-state index is -0.891. The Bertz CT molecular complexity index is 447. The van der Waals surface area contributed by atoms with Crippen molar-refractivity contribution in [1.29, 1.82) is 0 Å². The molecule has 110 valence electrons. The number of halogens is 1. The predicted octanol–water partition coefficient (Wildman–Crippen LogP) is 1.46. The SMILES string of the molecule is O=C(CCNCC(O)c1ccccc1F)N1CCCC1. The lowest BCUT2D eigenvalue weighted by Crippen LogP contribution is -2.31. The van der Waals surface area contributed by atoms with Gasteiger partial charge in [0.05, 0.1) is 6.10 Å². The fourth-order valence-corrected chi connectivity index (χ4v) is 2.41. The van der Waals surface area contributed by atoms with E-state index >= 15 is 0 Å². The van der Waals surface area contributed by atoms with Crippen molar-refractivity contribution in [2.75, 3.05) is 26.2 Å². The van der Waals surface area contributed by atoms with E-state index in [1.807, 2.05) is 4.90 Å². The Kier molecular flexibility index (Phi) is 5.49. The van der Waals surface area contributed by atoms with Gasteiger partial charge in [0.25, 0.3) is 0 Å². The van der Waals surface area contributed by atoms with Gasteiger partial charge in [0, 0.05) is 38.2 Å². The van der Waals surface area contributed by atoms with E-state index in [0.717, 1.165) is 25.9 Å². The van der Waals surface area contributed by atoms with Crippen LogP contribution in [0.25, 0.3) is 0 Å². The third kappa shape index (κ3) is 4.02. The Morgan fingerprint density at radius 1 is 1.35 bits per heavy atom. The predicted molar refractivity (Wildman–Crippen MR) is 74.7 cm³/mol. The standard InChI is InChI=1S/C15H21FN2O2/c16-13-6-2-1-5-12(13)14(19)11-17-8-7-15(20)18-9-3-4-10-18/h1-2,5-6,14,17,19H,3-4,7-11H2. The second kappa shape index (κ2) is 7.36. The average molecular weight is 280 g/mol. The van der Waals surface area contributed by atoms with Crippen molar-refractivity contribution in [1.82, 2.24) is 10.2 Å². The number of hydrogen-bond donors (Lipinski definition) is 2. The first-order valence-electron chi connectivity index (χ1n) is 7.09. The van der Waals surface area contributed by atoms with Crippen LogP contribution in [0.15, 0.2) is 24.3 Å². The molecule has 0 radical (unpaired) electrons. The molecule has 20 heavy (non-hydrogen) atoms. The highest BCUT2D eigenvalue weighted by molar-refractivity contribution is 5.76. The Labute approximate surface area is 118 Å². The van der Waals surface area contributed by atoms with E-state index in [0.29, 0.717) is 13.0 Å². The summed E-state index contributed by atoms with van der Waals surface area (Å²) in [5.41, 5.74) is 0.283. The van der Waals surface area contributed by atoms with Crippen molar-refractivity contribution in [2.24, 2.45) is 0 Å². The van der Waals surface area contributed by atoms with Gasteiger partial charge in [-0.25, -0.2) is 4.39 Å². The molecule has 1 aromatic rings. The van der Waals surface area contributed by atoms with Crippen LogP contribution in [0.3, 0.4) is 0 Å². The molecule has 4 nitrogen and oxygen atoms in total. The molecule has 1 aliphatic heterocycles. The number of rotatable bonds is 6. The maximum atomic E-state index is 13.4. The monoisotopic (exact) mass is 280 g/mol. The smallest absolute Gasteiger partial charge is 0.223 e. The third-order valence-corrected chi connectivity index (χ3v) is 3.58. The van der Waals surface area contributed by atoms with Gasteiger partial charge in [0.1, 0.15) is 5.82 Å². The first-order valence-corrected chi connectivity index (χ1v) is 7.09. The average Bonchev–Trinajstić information content (AvgIpc) is 2.98. The summed E-state index contributed by atoms with van der Waals surface area (Å²) < 4.78 is 13.4. The molecule has 1 heterocycles. The van der Waals surface area contributed by atoms with Crippen molar-refractivity contribution >= 4 is 5.91 Å². The Balaban J connectivity index is 1.68. The van der Waals surface area contributed by atoms with Crippen molar-refractivity contribution in [3.63, 3.8) is 0 Å². The molecule has 2 rings (SSSR count).